The molecule has 1 aliphatic rings. The lowest BCUT2D eigenvalue weighted by Gasteiger charge is -2.31. The van der Waals surface area contributed by atoms with Crippen LogP contribution in [0, 0.1) is 0 Å². The molecule has 0 saturated carbocycles. The van der Waals surface area contributed by atoms with Crippen molar-refractivity contribution in [1.82, 2.24) is 9.80 Å². The summed E-state index contributed by atoms with van der Waals surface area (Å²) in [5.74, 6) is 0.818. The molecular weight excluding hydrogens is 304 g/mol. The van der Waals surface area contributed by atoms with Gasteiger partial charge in [-0.25, -0.2) is 0 Å². The third-order valence-electron chi connectivity index (χ3n) is 3.92. The first-order valence-corrected chi connectivity index (χ1v) is 7.84. The molecular formula is C16H23ClN2O3. The number of hydrogen-bond acceptors (Lipinski definition) is 4. The van der Waals surface area contributed by atoms with Crippen LogP contribution in [0.2, 0.25) is 5.02 Å². The molecule has 1 aromatic rings. The van der Waals surface area contributed by atoms with E-state index in [1.807, 2.05) is 29.0 Å². The number of piperidine rings is 1. The fourth-order valence-corrected chi connectivity index (χ4v) is 2.81. The molecule has 0 aromatic heterocycles. The van der Waals surface area contributed by atoms with Gasteiger partial charge in [-0.05, 0) is 37.6 Å². The topological polar surface area (TPSA) is 53.0 Å². The zero-order valence-electron chi connectivity index (χ0n) is 13.1. The number of carbonyl (C=O) groups excluding carboxylic acids is 1. The van der Waals surface area contributed by atoms with Crippen LogP contribution < -0.4 is 4.74 Å². The maximum atomic E-state index is 12.2. The van der Waals surface area contributed by atoms with Gasteiger partial charge in [-0.3, -0.25) is 9.69 Å². The number of halogens is 1. The van der Waals surface area contributed by atoms with Gasteiger partial charge in [0.2, 0.25) is 5.91 Å². The molecule has 0 unspecified atom stereocenters. The standard InChI is InChI=1S/C16H23ClN2O3/c1-18(10-12-3-4-14(22-2)9-15(12)17)11-16(21)19-7-5-13(20)6-8-19/h3-4,9,13,20H,5-8,10-11H2,1-2H3. The van der Waals surface area contributed by atoms with Crippen LogP contribution in [0.5, 0.6) is 5.75 Å². The molecule has 1 heterocycles. The van der Waals surface area contributed by atoms with Gasteiger partial charge < -0.3 is 14.7 Å². The molecule has 1 amide bonds. The van der Waals surface area contributed by atoms with Crippen molar-refractivity contribution >= 4 is 17.5 Å². The molecule has 0 radical (unpaired) electrons. The molecule has 22 heavy (non-hydrogen) atoms. The first-order chi connectivity index (χ1) is 10.5. The minimum atomic E-state index is -0.264. The van der Waals surface area contributed by atoms with Crippen molar-refractivity contribution in [3.8, 4) is 5.75 Å². The van der Waals surface area contributed by atoms with Gasteiger partial charge in [-0.15, -0.1) is 0 Å². The fraction of sp³-hybridized carbons (Fsp3) is 0.562. The number of methoxy groups -OCH3 is 1. The summed E-state index contributed by atoms with van der Waals surface area (Å²) in [6, 6.07) is 5.56. The van der Waals surface area contributed by atoms with Crippen LogP contribution >= 0.6 is 11.6 Å². The smallest absolute Gasteiger partial charge is 0.236 e. The second-order valence-corrected chi connectivity index (χ2v) is 6.15. The highest BCUT2D eigenvalue weighted by Gasteiger charge is 2.22. The van der Waals surface area contributed by atoms with Gasteiger partial charge in [0, 0.05) is 24.7 Å². The molecule has 2 rings (SSSR count). The molecule has 0 atom stereocenters. The monoisotopic (exact) mass is 326 g/mol. The van der Waals surface area contributed by atoms with Gasteiger partial charge in [0.15, 0.2) is 0 Å². The minimum Gasteiger partial charge on any atom is -0.497 e. The van der Waals surface area contributed by atoms with Gasteiger partial charge >= 0.3 is 0 Å². The zero-order chi connectivity index (χ0) is 16.1. The van der Waals surface area contributed by atoms with E-state index < -0.39 is 0 Å². The highest BCUT2D eigenvalue weighted by atomic mass is 35.5. The van der Waals surface area contributed by atoms with Crippen molar-refractivity contribution in [2.24, 2.45) is 0 Å². The lowest BCUT2D eigenvalue weighted by molar-refractivity contribution is -0.134. The van der Waals surface area contributed by atoms with Crippen molar-refractivity contribution in [1.29, 1.82) is 0 Å². The third-order valence-corrected chi connectivity index (χ3v) is 4.27. The first kappa shape index (κ1) is 17.1. The van der Waals surface area contributed by atoms with Crippen LogP contribution in [0.3, 0.4) is 0 Å². The van der Waals surface area contributed by atoms with Gasteiger partial charge in [0.1, 0.15) is 5.75 Å². The van der Waals surface area contributed by atoms with E-state index in [0.29, 0.717) is 44.0 Å². The summed E-state index contributed by atoms with van der Waals surface area (Å²) in [6.45, 7) is 2.22. The van der Waals surface area contributed by atoms with Crippen molar-refractivity contribution in [3.05, 3.63) is 28.8 Å². The molecule has 0 bridgehead atoms. The number of nitrogens with zero attached hydrogens (tertiary/aromatic N) is 2. The second kappa shape index (κ2) is 7.81. The first-order valence-electron chi connectivity index (χ1n) is 7.46. The molecule has 1 saturated heterocycles. The maximum absolute atomic E-state index is 12.2. The van der Waals surface area contributed by atoms with Crippen molar-refractivity contribution in [3.63, 3.8) is 0 Å². The van der Waals surface area contributed by atoms with Gasteiger partial charge in [-0.2, -0.15) is 0 Å². The second-order valence-electron chi connectivity index (χ2n) is 5.74. The number of benzene rings is 1. The average molecular weight is 327 g/mol. The van der Waals surface area contributed by atoms with E-state index in [1.165, 1.54) is 0 Å². The molecule has 0 aliphatic carbocycles. The summed E-state index contributed by atoms with van der Waals surface area (Å²) >= 11 is 6.22. The fourth-order valence-electron chi connectivity index (χ4n) is 2.58. The predicted molar refractivity (Wildman–Crippen MR) is 86.2 cm³/mol. The maximum Gasteiger partial charge on any atom is 0.236 e. The van der Waals surface area contributed by atoms with Crippen LogP contribution in [0.4, 0.5) is 0 Å². The summed E-state index contributed by atoms with van der Waals surface area (Å²) in [6.07, 6.45) is 1.07. The Kier molecular flexibility index (Phi) is 6.06. The third kappa shape index (κ3) is 4.60. The highest BCUT2D eigenvalue weighted by Crippen LogP contribution is 2.23. The van der Waals surface area contributed by atoms with Crippen LogP contribution in [0.25, 0.3) is 0 Å². The molecule has 0 spiro atoms. The van der Waals surface area contributed by atoms with E-state index in [9.17, 15) is 9.90 Å². The molecule has 6 heteroatoms. The van der Waals surface area contributed by atoms with Gasteiger partial charge in [0.25, 0.3) is 0 Å². The Labute approximate surface area is 136 Å². The summed E-state index contributed by atoms with van der Waals surface area (Å²) in [5.41, 5.74) is 0.965. The number of hydrogen-bond donors (Lipinski definition) is 1. The Morgan fingerprint density at radius 1 is 1.45 bits per heavy atom. The summed E-state index contributed by atoms with van der Waals surface area (Å²) in [7, 11) is 3.50. The van der Waals surface area contributed by atoms with Crippen LogP contribution in [0.1, 0.15) is 18.4 Å². The molecule has 1 aliphatic heterocycles. The van der Waals surface area contributed by atoms with Crippen molar-refractivity contribution in [2.45, 2.75) is 25.5 Å². The summed E-state index contributed by atoms with van der Waals surface area (Å²) < 4.78 is 5.13. The Hall–Kier alpha value is -1.30. The highest BCUT2D eigenvalue weighted by molar-refractivity contribution is 6.31. The largest absolute Gasteiger partial charge is 0.497 e. The molecule has 5 nitrogen and oxygen atoms in total. The number of aliphatic hydroxyl groups excluding tert-OH is 1. The zero-order valence-corrected chi connectivity index (χ0v) is 13.8. The number of rotatable bonds is 5. The van der Waals surface area contributed by atoms with E-state index >= 15 is 0 Å². The van der Waals surface area contributed by atoms with E-state index in [0.717, 1.165) is 11.3 Å². The number of likely N-dealkylation sites (N-methyl/N-ethyl adjacent to an activating group) is 1. The van der Waals surface area contributed by atoms with Crippen LogP contribution in [-0.2, 0) is 11.3 Å². The summed E-state index contributed by atoms with van der Waals surface area (Å²) in [4.78, 5) is 16.0. The van der Waals surface area contributed by atoms with Crippen LogP contribution in [-0.4, -0.2) is 60.7 Å². The molecule has 1 fully saturated rings. The number of aliphatic hydroxyl groups is 1. The predicted octanol–water partition coefficient (Wildman–Crippen LogP) is 1.76. The lowest BCUT2D eigenvalue weighted by atomic mass is 10.1. The van der Waals surface area contributed by atoms with Crippen molar-refractivity contribution < 1.29 is 14.6 Å². The minimum absolute atomic E-state index is 0.0963. The quantitative estimate of drug-likeness (QED) is 0.896. The van der Waals surface area contributed by atoms with Crippen molar-refractivity contribution in [2.75, 3.05) is 33.8 Å². The van der Waals surface area contributed by atoms with Gasteiger partial charge in [0.05, 0.1) is 19.8 Å². The Balaban J connectivity index is 1.87. The number of ether oxygens (including phenoxy) is 1. The lowest BCUT2D eigenvalue weighted by Crippen LogP contribution is -2.44. The molecule has 1 N–H and O–H groups in total. The molecule has 122 valence electrons. The average Bonchev–Trinajstić information content (AvgIpc) is 2.49. The SMILES string of the molecule is COc1ccc(CN(C)CC(=O)N2CCC(O)CC2)c(Cl)c1. The van der Waals surface area contributed by atoms with E-state index in [2.05, 4.69) is 0 Å². The van der Waals surface area contributed by atoms with E-state index in [4.69, 9.17) is 16.3 Å². The Morgan fingerprint density at radius 3 is 2.73 bits per heavy atom. The number of amides is 1. The Bertz CT molecular complexity index is 516. The normalized spacial score (nSPS) is 16.1. The Morgan fingerprint density at radius 2 is 2.14 bits per heavy atom. The van der Waals surface area contributed by atoms with E-state index in [1.54, 1.807) is 13.2 Å². The van der Waals surface area contributed by atoms with Crippen LogP contribution in [0.15, 0.2) is 18.2 Å². The number of likely N-dealkylation sites (tertiary alicyclic amines) is 1. The molecule has 1 aromatic carbocycles. The van der Waals surface area contributed by atoms with Gasteiger partial charge in [-0.1, -0.05) is 17.7 Å². The summed E-state index contributed by atoms with van der Waals surface area (Å²) in [5, 5.41) is 10.1. The number of carbonyl (C=O) groups is 1. The van der Waals surface area contributed by atoms with E-state index in [-0.39, 0.29) is 12.0 Å².